The van der Waals surface area contributed by atoms with Crippen LogP contribution in [0.25, 0.3) is 0 Å². The summed E-state index contributed by atoms with van der Waals surface area (Å²) in [6.45, 7) is 0. The Morgan fingerprint density at radius 3 is 2.53 bits per heavy atom. The average molecular weight is 354 g/mol. The molecule has 0 saturated carbocycles. The lowest BCUT2D eigenvalue weighted by atomic mass is 10.1. The van der Waals surface area contributed by atoms with Crippen molar-refractivity contribution in [2.45, 2.75) is 25.0 Å². The van der Waals surface area contributed by atoms with Crippen LogP contribution >= 0.6 is 52.3 Å². The fourth-order valence-corrected chi connectivity index (χ4v) is 3.15. The lowest BCUT2D eigenvalue weighted by molar-refractivity contribution is -0.135. The van der Waals surface area contributed by atoms with E-state index in [-0.39, 0.29) is 27.0 Å². The van der Waals surface area contributed by atoms with Crippen LogP contribution in [0.4, 0.5) is 0 Å². The van der Waals surface area contributed by atoms with Crippen LogP contribution in [0, 0.1) is 0 Å². The third-order valence-electron chi connectivity index (χ3n) is 1.66. The molecule has 0 aromatic carbocycles. The summed E-state index contributed by atoms with van der Waals surface area (Å²) in [5.41, 5.74) is 0. The van der Waals surface area contributed by atoms with Crippen molar-refractivity contribution in [2.75, 3.05) is 0 Å². The Labute approximate surface area is 113 Å². The molecule has 0 aliphatic rings. The standard InChI is InChI=1S/C6H16O5P6/c7-3-5(9-12)1-4(10-16-13)2-6(8)11-17(14)15/h3-5,16H,1-2,12-15H2/t4-,5+/m1/s1. The van der Waals surface area contributed by atoms with Gasteiger partial charge in [-0.05, 0) is 0 Å². The van der Waals surface area contributed by atoms with Crippen LogP contribution in [0.1, 0.15) is 12.8 Å². The van der Waals surface area contributed by atoms with Crippen molar-refractivity contribution in [1.29, 1.82) is 0 Å². The van der Waals surface area contributed by atoms with E-state index in [9.17, 15) is 9.59 Å². The first kappa shape index (κ1) is 18.6. The predicted molar refractivity (Wildman–Crippen MR) is 85.2 cm³/mol. The van der Waals surface area contributed by atoms with Crippen molar-refractivity contribution in [1.82, 2.24) is 0 Å². The molecule has 0 N–H and O–H groups in total. The van der Waals surface area contributed by atoms with Gasteiger partial charge in [0.1, 0.15) is 19.9 Å². The zero-order chi connectivity index (χ0) is 13.3. The maximum Gasteiger partial charge on any atom is 0.311 e. The fourth-order valence-electron chi connectivity index (χ4n) is 1.01. The molecule has 0 aromatic heterocycles. The van der Waals surface area contributed by atoms with Crippen LogP contribution in [0.2, 0.25) is 0 Å². The minimum Gasteiger partial charge on any atom is -0.437 e. The molecule has 0 aliphatic heterocycles. The van der Waals surface area contributed by atoms with Gasteiger partial charge in [-0.2, -0.15) is 0 Å². The first-order chi connectivity index (χ1) is 8.03. The van der Waals surface area contributed by atoms with E-state index in [4.69, 9.17) is 13.6 Å². The second-order valence-corrected chi connectivity index (χ2v) is 10.1. The quantitative estimate of drug-likeness (QED) is 0.470. The van der Waals surface area contributed by atoms with E-state index in [2.05, 4.69) is 26.8 Å². The summed E-state index contributed by atoms with van der Waals surface area (Å²) in [4.78, 5) is 22.1. The van der Waals surface area contributed by atoms with E-state index in [1.54, 1.807) is 0 Å². The lowest BCUT2D eigenvalue weighted by Crippen LogP contribution is -2.23. The summed E-state index contributed by atoms with van der Waals surface area (Å²) in [7, 11) is 8.53. The molecule has 0 aliphatic carbocycles. The smallest absolute Gasteiger partial charge is 0.311 e. The highest BCUT2D eigenvalue weighted by atomic mass is 32.4. The summed E-state index contributed by atoms with van der Waals surface area (Å²) in [5, 5.41) is 0. The van der Waals surface area contributed by atoms with Gasteiger partial charge in [0.05, 0.1) is 12.5 Å². The molecule has 0 heterocycles. The molecule has 5 nitrogen and oxygen atoms in total. The van der Waals surface area contributed by atoms with Crippen molar-refractivity contribution >= 4 is 64.5 Å². The molecule has 0 spiro atoms. The van der Waals surface area contributed by atoms with Gasteiger partial charge in [0.2, 0.25) is 0 Å². The van der Waals surface area contributed by atoms with Crippen LogP contribution in [-0.4, -0.2) is 24.5 Å². The first-order valence-corrected chi connectivity index (χ1v) is 12.1. The molecule has 0 fully saturated rings. The third-order valence-corrected chi connectivity index (χ3v) is 3.93. The molecule has 11 heteroatoms. The second-order valence-electron chi connectivity index (χ2n) is 2.93. The van der Waals surface area contributed by atoms with E-state index in [1.165, 1.54) is 0 Å². The SMILES string of the molecule is O=C[C@H](C[C@H](CC(=O)OP(P)P)OPP)OP. The predicted octanol–water partition coefficient (Wildman–Crippen LogP) is 2.43. The number of aldehydes is 1. The van der Waals surface area contributed by atoms with Crippen LogP contribution < -0.4 is 0 Å². The van der Waals surface area contributed by atoms with Gasteiger partial charge in [-0.1, -0.05) is 26.8 Å². The number of carbonyl (C=O) groups is 2. The zero-order valence-corrected chi connectivity index (χ0v) is 15.5. The van der Waals surface area contributed by atoms with E-state index in [1.807, 2.05) is 9.47 Å². The number of carbonyl (C=O) groups excluding carboxylic acids is 2. The Balaban J connectivity index is 4.21. The first-order valence-electron chi connectivity index (χ1n) is 4.45. The third kappa shape index (κ3) is 10.1. The van der Waals surface area contributed by atoms with Gasteiger partial charge in [-0.3, -0.25) is 4.79 Å². The number of hydrogen-bond acceptors (Lipinski definition) is 5. The van der Waals surface area contributed by atoms with E-state index >= 15 is 0 Å². The van der Waals surface area contributed by atoms with Crippen molar-refractivity contribution in [3.8, 4) is 0 Å². The number of hydrogen-bond donors (Lipinski definition) is 0. The molecule has 0 radical (unpaired) electrons. The van der Waals surface area contributed by atoms with Crippen LogP contribution in [0.5, 0.6) is 0 Å². The zero-order valence-electron chi connectivity index (χ0n) is 8.94. The van der Waals surface area contributed by atoms with Gasteiger partial charge in [-0.15, -0.1) is 0 Å². The Morgan fingerprint density at radius 2 is 2.12 bits per heavy atom. The second kappa shape index (κ2) is 11.5. The van der Waals surface area contributed by atoms with Gasteiger partial charge in [-0.25, -0.2) is 0 Å². The summed E-state index contributed by atoms with van der Waals surface area (Å²) in [6.07, 6.45) is 0.154. The number of rotatable bonds is 9. The van der Waals surface area contributed by atoms with Gasteiger partial charge >= 0.3 is 5.97 Å². The molecule has 100 valence electrons. The van der Waals surface area contributed by atoms with Gasteiger partial charge in [0.15, 0.2) is 0 Å². The van der Waals surface area contributed by atoms with Gasteiger partial charge in [0.25, 0.3) is 0 Å². The van der Waals surface area contributed by atoms with E-state index in [0.29, 0.717) is 12.7 Å². The molecular weight excluding hydrogens is 338 g/mol. The summed E-state index contributed by atoms with van der Waals surface area (Å²) < 4.78 is 15.2. The summed E-state index contributed by atoms with van der Waals surface area (Å²) >= 11 is 0. The maximum atomic E-state index is 11.4. The Kier molecular flexibility index (Phi) is 12.6. The molecule has 0 aromatic rings. The normalized spacial score (nSPS) is 15.1. The summed E-state index contributed by atoms with van der Waals surface area (Å²) in [6, 6.07) is 0. The van der Waals surface area contributed by atoms with Crippen molar-refractivity contribution in [3.63, 3.8) is 0 Å². The van der Waals surface area contributed by atoms with Gasteiger partial charge < -0.3 is 18.4 Å². The minimum atomic E-state index is -0.887. The largest absolute Gasteiger partial charge is 0.437 e. The van der Waals surface area contributed by atoms with Crippen molar-refractivity contribution in [2.24, 2.45) is 0 Å². The topological polar surface area (TPSA) is 61.8 Å². The van der Waals surface area contributed by atoms with Crippen molar-refractivity contribution < 1.29 is 23.2 Å². The van der Waals surface area contributed by atoms with Gasteiger partial charge in [0, 0.05) is 24.4 Å². The summed E-state index contributed by atoms with van der Waals surface area (Å²) in [5.74, 6) is -0.345. The fraction of sp³-hybridized carbons (Fsp3) is 0.667. The molecular formula is C6H16O5P6. The molecule has 0 rings (SSSR count). The highest BCUT2D eigenvalue weighted by Gasteiger charge is 2.21. The minimum absolute atomic E-state index is 0.113. The van der Waals surface area contributed by atoms with E-state index in [0.717, 1.165) is 0 Å². The monoisotopic (exact) mass is 354 g/mol. The van der Waals surface area contributed by atoms with Crippen LogP contribution in [-0.2, 0) is 23.2 Å². The molecule has 0 saturated heterocycles. The van der Waals surface area contributed by atoms with Crippen LogP contribution in [0.3, 0.4) is 0 Å². The lowest BCUT2D eigenvalue weighted by Gasteiger charge is -2.18. The average Bonchev–Trinajstić information content (AvgIpc) is 2.24. The molecule has 5 unspecified atom stereocenters. The van der Waals surface area contributed by atoms with Crippen molar-refractivity contribution in [3.05, 3.63) is 0 Å². The Bertz CT molecular complexity index is 239. The molecule has 0 amide bonds. The molecule has 17 heavy (non-hydrogen) atoms. The highest BCUT2D eigenvalue weighted by Crippen LogP contribution is 2.53. The Morgan fingerprint density at radius 1 is 1.47 bits per heavy atom. The highest BCUT2D eigenvalue weighted by molar-refractivity contribution is 8.41. The molecule has 7 atom stereocenters. The maximum absolute atomic E-state index is 11.4. The van der Waals surface area contributed by atoms with Crippen LogP contribution in [0.15, 0.2) is 0 Å². The Hall–Kier alpha value is 1.64. The van der Waals surface area contributed by atoms with E-state index < -0.39 is 13.6 Å². The molecule has 0 bridgehead atoms.